The molecule has 0 amide bonds. The van der Waals surface area contributed by atoms with E-state index in [1.54, 1.807) is 17.4 Å². The Balaban J connectivity index is 2.12. The molecule has 0 bridgehead atoms. The molecule has 2 rings (SSSR count). The molecule has 108 valence electrons. The van der Waals surface area contributed by atoms with Crippen LogP contribution in [0, 0.1) is 0 Å². The van der Waals surface area contributed by atoms with Gasteiger partial charge in [-0.05, 0) is 30.9 Å². The number of thioether (sulfide) groups is 1. The van der Waals surface area contributed by atoms with E-state index < -0.39 is 10.0 Å². The average molecular weight is 321 g/mol. The van der Waals surface area contributed by atoms with Crippen LogP contribution in [0.3, 0.4) is 0 Å². The monoisotopic (exact) mass is 320 g/mol. The van der Waals surface area contributed by atoms with Crippen molar-refractivity contribution in [2.45, 2.75) is 30.1 Å². The number of hydrogen-bond acceptors (Lipinski definition) is 5. The van der Waals surface area contributed by atoms with Crippen molar-refractivity contribution in [2.24, 2.45) is 0 Å². The van der Waals surface area contributed by atoms with Gasteiger partial charge in [0.15, 0.2) is 0 Å². The van der Waals surface area contributed by atoms with Crippen LogP contribution >= 0.6 is 23.1 Å². The molecule has 0 radical (unpaired) electrons. The first kappa shape index (κ1) is 15.3. The van der Waals surface area contributed by atoms with Crippen LogP contribution in [0.2, 0.25) is 0 Å². The van der Waals surface area contributed by atoms with Gasteiger partial charge in [-0.25, -0.2) is 8.42 Å². The van der Waals surface area contributed by atoms with Gasteiger partial charge in [0.1, 0.15) is 4.21 Å². The van der Waals surface area contributed by atoms with Gasteiger partial charge < -0.3 is 5.32 Å². The third-order valence-electron chi connectivity index (χ3n) is 3.24. The second-order valence-corrected chi connectivity index (χ2v) is 9.08. The van der Waals surface area contributed by atoms with Crippen molar-refractivity contribution in [1.82, 2.24) is 9.62 Å². The van der Waals surface area contributed by atoms with Gasteiger partial charge in [0, 0.05) is 30.3 Å². The molecule has 1 aliphatic rings. The minimum atomic E-state index is -3.32. The summed E-state index contributed by atoms with van der Waals surface area (Å²) >= 11 is 3.19. The predicted molar refractivity (Wildman–Crippen MR) is 82.4 cm³/mol. The van der Waals surface area contributed by atoms with Crippen molar-refractivity contribution < 1.29 is 8.42 Å². The fourth-order valence-corrected chi connectivity index (χ4v) is 6.25. The Labute approximate surface area is 123 Å². The highest BCUT2D eigenvalue weighted by molar-refractivity contribution is 7.99. The van der Waals surface area contributed by atoms with E-state index in [0.717, 1.165) is 35.9 Å². The minimum absolute atomic E-state index is 0.148. The zero-order chi connectivity index (χ0) is 13.9. The highest BCUT2D eigenvalue weighted by Gasteiger charge is 2.31. The van der Waals surface area contributed by atoms with Crippen molar-refractivity contribution >= 4 is 33.1 Å². The molecule has 0 aliphatic carbocycles. The molecule has 1 fully saturated rings. The quantitative estimate of drug-likeness (QED) is 0.871. The van der Waals surface area contributed by atoms with E-state index in [-0.39, 0.29) is 6.04 Å². The Bertz CT molecular complexity index is 507. The number of rotatable bonds is 6. The van der Waals surface area contributed by atoms with Crippen LogP contribution in [-0.2, 0) is 16.6 Å². The van der Waals surface area contributed by atoms with Crippen LogP contribution in [0.5, 0.6) is 0 Å². The lowest BCUT2D eigenvalue weighted by Crippen LogP contribution is -2.36. The molecule has 1 aromatic heterocycles. The Morgan fingerprint density at radius 1 is 1.47 bits per heavy atom. The van der Waals surface area contributed by atoms with Gasteiger partial charge in [0.25, 0.3) is 10.0 Å². The van der Waals surface area contributed by atoms with Gasteiger partial charge in [-0.2, -0.15) is 16.1 Å². The Hall–Kier alpha value is -0.0800. The van der Waals surface area contributed by atoms with E-state index in [9.17, 15) is 8.42 Å². The molecule has 0 saturated carbocycles. The zero-order valence-electron chi connectivity index (χ0n) is 11.3. The normalized spacial score (nSPS) is 20.3. The fraction of sp³-hybridized carbons (Fsp3) is 0.667. The maximum Gasteiger partial charge on any atom is 0.252 e. The lowest BCUT2D eigenvalue weighted by atomic mass is 10.3. The molecular weight excluding hydrogens is 300 g/mol. The maximum absolute atomic E-state index is 12.5. The molecule has 2 heterocycles. The lowest BCUT2D eigenvalue weighted by Gasteiger charge is -2.22. The van der Waals surface area contributed by atoms with Crippen molar-refractivity contribution in [1.29, 1.82) is 0 Å². The highest BCUT2D eigenvalue weighted by Crippen LogP contribution is 2.29. The summed E-state index contributed by atoms with van der Waals surface area (Å²) in [6.07, 6.45) is 0.954. The minimum Gasteiger partial charge on any atom is -0.312 e. The van der Waals surface area contributed by atoms with Crippen LogP contribution in [0.1, 0.15) is 18.2 Å². The summed E-state index contributed by atoms with van der Waals surface area (Å²) in [7, 11) is -1.61. The number of thiophene rings is 1. The van der Waals surface area contributed by atoms with E-state index in [0.29, 0.717) is 4.21 Å². The second kappa shape index (κ2) is 6.58. The summed E-state index contributed by atoms with van der Waals surface area (Å²) in [6, 6.07) is 3.78. The van der Waals surface area contributed by atoms with Crippen molar-refractivity contribution in [3.05, 3.63) is 17.0 Å². The van der Waals surface area contributed by atoms with Gasteiger partial charge in [-0.15, -0.1) is 11.3 Å². The van der Waals surface area contributed by atoms with E-state index in [4.69, 9.17) is 0 Å². The largest absolute Gasteiger partial charge is 0.312 e. The van der Waals surface area contributed by atoms with Crippen LogP contribution in [0.4, 0.5) is 0 Å². The summed E-state index contributed by atoms with van der Waals surface area (Å²) in [5, 5.41) is 3.21. The second-order valence-electron chi connectivity index (χ2n) is 4.54. The Kier molecular flexibility index (Phi) is 5.30. The van der Waals surface area contributed by atoms with Gasteiger partial charge in [-0.1, -0.05) is 6.92 Å². The first-order valence-corrected chi connectivity index (χ1v) is 9.82. The zero-order valence-corrected chi connectivity index (χ0v) is 13.7. The number of hydrogen-bond donors (Lipinski definition) is 1. The molecule has 0 aromatic carbocycles. The standard InChI is InChI=1S/C12H20N2O2S3/c1-3-13-8-11-4-5-12(18-11)19(15,16)14(2)10-6-7-17-9-10/h4-5,10,13H,3,6-9H2,1-2H3. The number of nitrogens with one attached hydrogen (secondary N) is 1. The maximum atomic E-state index is 12.5. The lowest BCUT2D eigenvalue weighted by molar-refractivity contribution is 0.396. The van der Waals surface area contributed by atoms with Crippen molar-refractivity contribution in [2.75, 3.05) is 25.1 Å². The number of sulfonamides is 1. The smallest absolute Gasteiger partial charge is 0.252 e. The Morgan fingerprint density at radius 3 is 2.89 bits per heavy atom. The van der Waals surface area contributed by atoms with Crippen LogP contribution in [0.15, 0.2) is 16.3 Å². The third kappa shape index (κ3) is 3.52. The van der Waals surface area contributed by atoms with E-state index >= 15 is 0 Å². The first-order chi connectivity index (χ1) is 9.05. The molecule has 1 unspecified atom stereocenters. The fourth-order valence-electron chi connectivity index (χ4n) is 1.99. The molecule has 1 aliphatic heterocycles. The van der Waals surface area contributed by atoms with E-state index in [1.807, 2.05) is 24.8 Å². The van der Waals surface area contributed by atoms with Gasteiger partial charge in [0.05, 0.1) is 0 Å². The molecule has 19 heavy (non-hydrogen) atoms. The van der Waals surface area contributed by atoms with Gasteiger partial charge in [-0.3, -0.25) is 0 Å². The summed E-state index contributed by atoms with van der Waals surface area (Å²) in [5.74, 6) is 1.96. The van der Waals surface area contributed by atoms with Crippen LogP contribution in [-0.4, -0.2) is 43.9 Å². The first-order valence-electron chi connectivity index (χ1n) is 6.41. The van der Waals surface area contributed by atoms with Crippen LogP contribution in [0.25, 0.3) is 0 Å². The van der Waals surface area contributed by atoms with Gasteiger partial charge in [0.2, 0.25) is 0 Å². The van der Waals surface area contributed by atoms with Crippen molar-refractivity contribution in [3.63, 3.8) is 0 Å². The average Bonchev–Trinajstić information content (AvgIpc) is 3.06. The molecule has 1 atom stereocenters. The number of nitrogens with zero attached hydrogens (tertiary/aromatic N) is 1. The summed E-state index contributed by atoms with van der Waals surface area (Å²) in [5.41, 5.74) is 0. The summed E-state index contributed by atoms with van der Waals surface area (Å²) in [6.45, 7) is 3.66. The molecule has 1 saturated heterocycles. The molecule has 1 aromatic rings. The molecular formula is C12H20N2O2S3. The Morgan fingerprint density at radius 2 is 2.26 bits per heavy atom. The molecule has 7 heteroatoms. The van der Waals surface area contributed by atoms with Crippen LogP contribution < -0.4 is 5.32 Å². The molecule has 0 spiro atoms. The third-order valence-corrected chi connectivity index (χ3v) is 7.85. The topological polar surface area (TPSA) is 49.4 Å². The molecule has 4 nitrogen and oxygen atoms in total. The van der Waals surface area contributed by atoms with Gasteiger partial charge >= 0.3 is 0 Å². The van der Waals surface area contributed by atoms with Crippen molar-refractivity contribution in [3.8, 4) is 0 Å². The predicted octanol–water partition coefficient (Wildman–Crippen LogP) is 1.98. The SMILES string of the molecule is CCNCc1ccc(S(=O)(=O)N(C)C2CCSC2)s1. The summed E-state index contributed by atoms with van der Waals surface area (Å²) in [4.78, 5) is 1.06. The highest BCUT2D eigenvalue weighted by atomic mass is 32.2. The van der Waals surface area contributed by atoms with E-state index in [2.05, 4.69) is 5.32 Å². The molecule has 1 N–H and O–H groups in total. The van der Waals surface area contributed by atoms with E-state index in [1.165, 1.54) is 11.3 Å². The summed E-state index contributed by atoms with van der Waals surface area (Å²) < 4.78 is 27.0.